The van der Waals surface area contributed by atoms with Crippen molar-refractivity contribution >= 4 is 27.2 Å². The van der Waals surface area contributed by atoms with Gasteiger partial charge in [0.25, 0.3) is 0 Å². The molecule has 0 aliphatic carbocycles. The number of anilines is 1. The summed E-state index contributed by atoms with van der Waals surface area (Å²) < 4.78 is 1.16. The standard InChI is InChI=1S/C8H9N3S.C2H6/c9-3-6-1-5-4-11-8(10)2-7(5)12-6;1-2/h1-2,4H,3,9H2,(H2,10,11);1-2H3. The fraction of sp³-hybridized carbons (Fsp3) is 0.300. The van der Waals surface area contributed by atoms with Crippen molar-refractivity contribution < 1.29 is 0 Å². The smallest absolute Gasteiger partial charge is 0.124 e. The number of aromatic nitrogens is 1. The highest BCUT2D eigenvalue weighted by Gasteiger charge is 2.00. The van der Waals surface area contributed by atoms with E-state index in [0.29, 0.717) is 12.4 Å². The largest absolute Gasteiger partial charge is 0.384 e. The first-order valence-corrected chi connectivity index (χ1v) is 5.45. The van der Waals surface area contributed by atoms with Gasteiger partial charge in [0.15, 0.2) is 0 Å². The molecule has 0 atom stereocenters. The average molecular weight is 209 g/mol. The van der Waals surface area contributed by atoms with E-state index < -0.39 is 0 Å². The van der Waals surface area contributed by atoms with Gasteiger partial charge in [-0.05, 0) is 12.1 Å². The summed E-state index contributed by atoms with van der Waals surface area (Å²) in [7, 11) is 0. The quantitative estimate of drug-likeness (QED) is 0.757. The van der Waals surface area contributed by atoms with Gasteiger partial charge in [0.05, 0.1) is 0 Å². The average Bonchev–Trinajstić information content (AvgIpc) is 2.62. The molecule has 2 aromatic rings. The lowest BCUT2D eigenvalue weighted by Crippen LogP contribution is -1.91. The summed E-state index contributed by atoms with van der Waals surface area (Å²) in [5.74, 6) is 0.563. The number of thiophene rings is 1. The number of pyridine rings is 1. The molecule has 0 aromatic carbocycles. The van der Waals surface area contributed by atoms with Crippen LogP contribution in [0.25, 0.3) is 10.1 Å². The van der Waals surface area contributed by atoms with Crippen molar-refractivity contribution in [2.45, 2.75) is 20.4 Å². The van der Waals surface area contributed by atoms with E-state index in [2.05, 4.69) is 4.98 Å². The molecule has 2 rings (SSSR count). The Labute approximate surface area is 87.8 Å². The molecule has 0 unspecified atom stereocenters. The van der Waals surface area contributed by atoms with E-state index in [1.165, 1.54) is 0 Å². The molecule has 2 aromatic heterocycles. The molecule has 0 saturated heterocycles. The molecule has 2 heterocycles. The second-order valence-electron chi connectivity index (χ2n) is 2.56. The fourth-order valence-corrected chi connectivity index (χ4v) is 2.06. The molecular formula is C10H15N3S. The SMILES string of the molecule is CC.NCc1cc2cnc(N)cc2s1. The molecule has 0 spiro atoms. The van der Waals surface area contributed by atoms with E-state index >= 15 is 0 Å². The molecule has 0 aliphatic rings. The van der Waals surface area contributed by atoms with E-state index in [1.54, 1.807) is 17.5 Å². The van der Waals surface area contributed by atoms with Crippen molar-refractivity contribution in [3.63, 3.8) is 0 Å². The van der Waals surface area contributed by atoms with Crippen LogP contribution in [0, 0.1) is 0 Å². The lowest BCUT2D eigenvalue weighted by Gasteiger charge is -1.89. The lowest BCUT2D eigenvalue weighted by molar-refractivity contribution is 1.11. The maximum atomic E-state index is 5.54. The minimum atomic E-state index is 0.563. The highest BCUT2D eigenvalue weighted by Crippen LogP contribution is 2.25. The lowest BCUT2D eigenvalue weighted by atomic mass is 10.3. The fourth-order valence-electron chi connectivity index (χ4n) is 1.10. The Kier molecular flexibility index (Phi) is 3.85. The van der Waals surface area contributed by atoms with E-state index in [-0.39, 0.29) is 0 Å². The zero-order chi connectivity index (χ0) is 10.6. The first-order valence-electron chi connectivity index (χ1n) is 4.63. The molecule has 3 nitrogen and oxygen atoms in total. The normalized spacial score (nSPS) is 9.64. The number of rotatable bonds is 1. The molecule has 0 bridgehead atoms. The summed E-state index contributed by atoms with van der Waals surface area (Å²) in [6, 6.07) is 3.92. The highest BCUT2D eigenvalue weighted by molar-refractivity contribution is 7.19. The van der Waals surface area contributed by atoms with Gasteiger partial charge >= 0.3 is 0 Å². The number of nitrogen functional groups attached to an aromatic ring is 1. The van der Waals surface area contributed by atoms with E-state index in [0.717, 1.165) is 15.0 Å². The predicted octanol–water partition coefficient (Wildman–Crippen LogP) is 2.36. The van der Waals surface area contributed by atoms with E-state index in [9.17, 15) is 0 Å². The van der Waals surface area contributed by atoms with Gasteiger partial charge in [0, 0.05) is 27.7 Å². The number of fused-ring (bicyclic) bond motifs is 1. The summed E-state index contributed by atoms with van der Waals surface area (Å²) in [4.78, 5) is 5.16. The summed E-state index contributed by atoms with van der Waals surface area (Å²) in [6.45, 7) is 4.58. The van der Waals surface area contributed by atoms with Crippen LogP contribution in [0.2, 0.25) is 0 Å². The van der Waals surface area contributed by atoms with Gasteiger partial charge in [0.1, 0.15) is 5.82 Å². The number of hydrogen-bond acceptors (Lipinski definition) is 4. The van der Waals surface area contributed by atoms with Crippen molar-refractivity contribution in [2.24, 2.45) is 5.73 Å². The number of nitrogens with two attached hydrogens (primary N) is 2. The molecule has 0 fully saturated rings. The van der Waals surface area contributed by atoms with Gasteiger partial charge in [-0.2, -0.15) is 0 Å². The molecule has 4 N–H and O–H groups in total. The number of hydrogen-bond donors (Lipinski definition) is 2. The van der Waals surface area contributed by atoms with Crippen LogP contribution >= 0.6 is 11.3 Å². The Hall–Kier alpha value is -1.13. The van der Waals surface area contributed by atoms with Crippen molar-refractivity contribution in [2.75, 3.05) is 5.73 Å². The van der Waals surface area contributed by atoms with Crippen LogP contribution in [0.1, 0.15) is 18.7 Å². The van der Waals surface area contributed by atoms with E-state index in [4.69, 9.17) is 11.5 Å². The van der Waals surface area contributed by atoms with Crippen LogP contribution in [0.4, 0.5) is 5.82 Å². The monoisotopic (exact) mass is 209 g/mol. The molecule has 76 valence electrons. The van der Waals surface area contributed by atoms with Crippen molar-refractivity contribution in [3.05, 3.63) is 23.2 Å². The van der Waals surface area contributed by atoms with Gasteiger partial charge in [0.2, 0.25) is 0 Å². The maximum absolute atomic E-state index is 5.54. The van der Waals surface area contributed by atoms with Gasteiger partial charge in [-0.1, -0.05) is 13.8 Å². The summed E-state index contributed by atoms with van der Waals surface area (Å²) in [6.07, 6.45) is 1.78. The second kappa shape index (κ2) is 4.93. The van der Waals surface area contributed by atoms with Crippen LogP contribution in [-0.4, -0.2) is 4.98 Å². The second-order valence-corrected chi connectivity index (χ2v) is 3.73. The number of nitrogens with zero attached hydrogens (tertiary/aromatic N) is 1. The summed E-state index contributed by atoms with van der Waals surface area (Å²) >= 11 is 1.67. The maximum Gasteiger partial charge on any atom is 0.124 e. The molecule has 0 saturated carbocycles. The summed E-state index contributed by atoms with van der Waals surface area (Å²) in [5, 5.41) is 1.12. The first-order chi connectivity index (χ1) is 6.79. The van der Waals surface area contributed by atoms with Crippen LogP contribution in [0.5, 0.6) is 0 Å². The highest BCUT2D eigenvalue weighted by atomic mass is 32.1. The van der Waals surface area contributed by atoms with Crippen LogP contribution in [0.3, 0.4) is 0 Å². The van der Waals surface area contributed by atoms with Crippen LogP contribution in [0.15, 0.2) is 18.3 Å². The van der Waals surface area contributed by atoms with Crippen molar-refractivity contribution in [3.8, 4) is 0 Å². The third-order valence-electron chi connectivity index (χ3n) is 1.67. The minimum Gasteiger partial charge on any atom is -0.384 e. The Balaban J connectivity index is 0.000000461. The van der Waals surface area contributed by atoms with Gasteiger partial charge < -0.3 is 11.5 Å². The van der Waals surface area contributed by atoms with Gasteiger partial charge in [-0.15, -0.1) is 11.3 Å². The van der Waals surface area contributed by atoms with E-state index in [1.807, 2.05) is 26.0 Å². The zero-order valence-electron chi connectivity index (χ0n) is 8.45. The molecule has 14 heavy (non-hydrogen) atoms. The predicted molar refractivity (Wildman–Crippen MR) is 63.3 cm³/mol. The van der Waals surface area contributed by atoms with Crippen molar-refractivity contribution in [1.29, 1.82) is 0 Å². The Morgan fingerprint density at radius 3 is 2.71 bits per heavy atom. The minimum absolute atomic E-state index is 0.563. The molecule has 0 amide bonds. The summed E-state index contributed by atoms with van der Waals surface area (Å²) in [5.41, 5.74) is 11.0. The third kappa shape index (κ3) is 2.21. The molecule has 0 radical (unpaired) electrons. The Morgan fingerprint density at radius 2 is 2.07 bits per heavy atom. The third-order valence-corrected chi connectivity index (χ3v) is 2.80. The molecular weight excluding hydrogens is 194 g/mol. The topological polar surface area (TPSA) is 64.9 Å². The van der Waals surface area contributed by atoms with Gasteiger partial charge in [-0.3, -0.25) is 0 Å². The zero-order valence-corrected chi connectivity index (χ0v) is 9.27. The van der Waals surface area contributed by atoms with Crippen molar-refractivity contribution in [1.82, 2.24) is 4.98 Å². The molecule has 4 heteroatoms. The van der Waals surface area contributed by atoms with Gasteiger partial charge in [-0.25, -0.2) is 4.98 Å². The first kappa shape index (κ1) is 10.9. The Bertz CT molecular complexity index is 409. The Morgan fingerprint density at radius 1 is 1.36 bits per heavy atom. The van der Waals surface area contributed by atoms with Crippen LogP contribution in [-0.2, 0) is 6.54 Å². The van der Waals surface area contributed by atoms with Crippen LogP contribution < -0.4 is 11.5 Å². The molecule has 0 aliphatic heterocycles.